The molecule has 0 radical (unpaired) electrons. The highest BCUT2D eigenvalue weighted by Gasteiger charge is 2.12. The fraction of sp³-hybridized carbons (Fsp3) is 0.357. The van der Waals surface area contributed by atoms with Gasteiger partial charge in [-0.25, -0.2) is 4.98 Å². The summed E-state index contributed by atoms with van der Waals surface area (Å²) in [5.41, 5.74) is 3.00. The van der Waals surface area contributed by atoms with Gasteiger partial charge in [0, 0.05) is 21.7 Å². The smallest absolute Gasteiger partial charge is 0.207 e. The van der Waals surface area contributed by atoms with Gasteiger partial charge in [0.05, 0.1) is 11.4 Å². The molecule has 1 aromatic heterocycles. The second-order valence-electron chi connectivity index (χ2n) is 4.93. The van der Waals surface area contributed by atoms with Gasteiger partial charge in [0.25, 0.3) is 0 Å². The number of hydrogen-bond acceptors (Lipinski definition) is 2. The summed E-state index contributed by atoms with van der Waals surface area (Å²) in [6, 6.07) is 4.29. The zero-order valence-electron chi connectivity index (χ0n) is 11.5. The summed E-state index contributed by atoms with van der Waals surface area (Å²) in [5, 5.41) is 4.09. The van der Waals surface area contributed by atoms with Crippen LogP contribution >= 0.6 is 27.5 Å². The van der Waals surface area contributed by atoms with Crippen molar-refractivity contribution < 1.29 is 0 Å². The van der Waals surface area contributed by atoms with Gasteiger partial charge in [0.1, 0.15) is 0 Å². The largest absolute Gasteiger partial charge is 0.353 e. The third kappa shape index (κ3) is 3.12. The van der Waals surface area contributed by atoms with E-state index in [9.17, 15) is 0 Å². The molecule has 102 valence electrons. The second-order valence-corrected chi connectivity index (χ2v) is 6.19. The molecule has 5 heteroatoms. The molecule has 0 saturated carbocycles. The van der Waals surface area contributed by atoms with Gasteiger partial charge >= 0.3 is 0 Å². The van der Waals surface area contributed by atoms with Gasteiger partial charge in [-0.3, -0.25) is 4.57 Å². The topological polar surface area (TPSA) is 29.9 Å². The number of anilines is 1. The Hall–Kier alpha value is -1.00. The summed E-state index contributed by atoms with van der Waals surface area (Å²) >= 11 is 9.82. The minimum atomic E-state index is 0.320. The SMILES string of the molecule is Cc1cn(-c2cc(Cl)c(C)cc2Br)c(NC(C)C)n1. The average molecular weight is 343 g/mol. The Labute approximate surface area is 127 Å². The normalized spacial score (nSPS) is 11.1. The molecule has 0 spiro atoms. The lowest BCUT2D eigenvalue weighted by Gasteiger charge is -2.14. The van der Waals surface area contributed by atoms with Crippen LogP contribution in [-0.2, 0) is 0 Å². The van der Waals surface area contributed by atoms with Gasteiger partial charge in [-0.05, 0) is 61.3 Å². The number of nitrogens with one attached hydrogen (secondary N) is 1. The highest BCUT2D eigenvalue weighted by molar-refractivity contribution is 9.10. The first kappa shape index (κ1) is 14.4. The van der Waals surface area contributed by atoms with Gasteiger partial charge in [-0.2, -0.15) is 0 Å². The number of imidazole rings is 1. The average Bonchev–Trinajstić information content (AvgIpc) is 2.63. The molecule has 0 bridgehead atoms. The van der Waals surface area contributed by atoms with Gasteiger partial charge in [-0.15, -0.1) is 0 Å². The van der Waals surface area contributed by atoms with Crippen molar-refractivity contribution >= 4 is 33.5 Å². The van der Waals surface area contributed by atoms with E-state index < -0.39 is 0 Å². The van der Waals surface area contributed by atoms with Crippen molar-refractivity contribution in [3.63, 3.8) is 0 Å². The predicted molar refractivity (Wildman–Crippen MR) is 84.5 cm³/mol. The van der Waals surface area contributed by atoms with E-state index in [2.05, 4.69) is 40.1 Å². The van der Waals surface area contributed by atoms with Crippen LogP contribution in [-0.4, -0.2) is 15.6 Å². The Kier molecular flexibility index (Phi) is 4.21. The van der Waals surface area contributed by atoms with Crippen molar-refractivity contribution in [1.29, 1.82) is 0 Å². The molecule has 19 heavy (non-hydrogen) atoms. The van der Waals surface area contributed by atoms with E-state index in [0.29, 0.717) is 6.04 Å². The first-order valence-corrected chi connectivity index (χ1v) is 7.34. The number of rotatable bonds is 3. The van der Waals surface area contributed by atoms with Crippen LogP contribution in [0.2, 0.25) is 5.02 Å². The molecule has 1 aromatic carbocycles. The summed E-state index contributed by atoms with van der Waals surface area (Å²) in [5.74, 6) is 0.827. The van der Waals surface area contributed by atoms with Crippen molar-refractivity contribution in [2.75, 3.05) is 5.32 Å². The van der Waals surface area contributed by atoms with Crippen LogP contribution in [0.25, 0.3) is 5.69 Å². The highest BCUT2D eigenvalue weighted by Crippen LogP contribution is 2.30. The Morgan fingerprint density at radius 1 is 1.32 bits per heavy atom. The van der Waals surface area contributed by atoms with Gasteiger partial charge in [-0.1, -0.05) is 11.6 Å². The maximum Gasteiger partial charge on any atom is 0.207 e. The lowest BCUT2D eigenvalue weighted by atomic mass is 10.2. The van der Waals surface area contributed by atoms with Crippen molar-refractivity contribution in [2.45, 2.75) is 33.7 Å². The number of hydrogen-bond donors (Lipinski definition) is 1. The Balaban J connectivity index is 2.55. The Morgan fingerprint density at radius 2 is 2.00 bits per heavy atom. The number of halogens is 2. The molecule has 0 saturated heterocycles. The molecule has 0 aliphatic carbocycles. The zero-order valence-corrected chi connectivity index (χ0v) is 13.8. The minimum absolute atomic E-state index is 0.320. The lowest BCUT2D eigenvalue weighted by molar-refractivity contribution is 0.863. The molecule has 0 aliphatic rings. The van der Waals surface area contributed by atoms with Crippen molar-refractivity contribution in [3.05, 3.63) is 39.1 Å². The van der Waals surface area contributed by atoms with Crippen molar-refractivity contribution in [2.24, 2.45) is 0 Å². The molecule has 0 atom stereocenters. The summed E-state index contributed by atoms with van der Waals surface area (Å²) in [4.78, 5) is 4.51. The first-order valence-electron chi connectivity index (χ1n) is 6.17. The van der Waals surface area contributed by atoms with Crippen LogP contribution in [0.1, 0.15) is 25.1 Å². The summed E-state index contributed by atoms with van der Waals surface area (Å²) in [6.07, 6.45) is 2.00. The first-order chi connectivity index (χ1) is 8.88. The van der Waals surface area contributed by atoms with E-state index in [-0.39, 0.29) is 0 Å². The quantitative estimate of drug-likeness (QED) is 0.874. The van der Waals surface area contributed by atoms with Crippen LogP contribution in [0.3, 0.4) is 0 Å². The van der Waals surface area contributed by atoms with Gasteiger partial charge in [0.2, 0.25) is 5.95 Å². The standard InChI is InChI=1S/C14H17BrClN3/c1-8(2)17-14-18-10(4)7-19(14)13-6-12(16)9(3)5-11(13)15/h5-8H,1-4H3,(H,17,18). The van der Waals surface area contributed by atoms with E-state index in [1.54, 1.807) is 0 Å². The van der Waals surface area contributed by atoms with E-state index in [4.69, 9.17) is 11.6 Å². The van der Waals surface area contributed by atoms with Crippen LogP contribution in [0, 0.1) is 13.8 Å². The maximum absolute atomic E-state index is 6.23. The monoisotopic (exact) mass is 341 g/mol. The fourth-order valence-electron chi connectivity index (χ4n) is 1.86. The third-order valence-electron chi connectivity index (χ3n) is 2.73. The number of aromatic nitrogens is 2. The van der Waals surface area contributed by atoms with Crippen LogP contribution < -0.4 is 5.32 Å². The predicted octanol–water partition coefficient (Wildman–Crippen LogP) is 4.73. The Bertz CT molecular complexity index is 605. The molecule has 0 fully saturated rings. The van der Waals surface area contributed by atoms with E-state index in [1.807, 2.05) is 36.7 Å². The number of nitrogens with zero attached hydrogens (tertiary/aromatic N) is 2. The molecule has 0 amide bonds. The molecule has 0 aliphatic heterocycles. The molecule has 1 N–H and O–H groups in total. The lowest BCUT2D eigenvalue weighted by Crippen LogP contribution is -2.14. The van der Waals surface area contributed by atoms with Crippen LogP contribution in [0.4, 0.5) is 5.95 Å². The summed E-state index contributed by atoms with van der Waals surface area (Å²) in [7, 11) is 0. The molecular weight excluding hydrogens is 326 g/mol. The number of benzene rings is 1. The Morgan fingerprint density at radius 3 is 2.63 bits per heavy atom. The van der Waals surface area contributed by atoms with Gasteiger partial charge in [0.15, 0.2) is 0 Å². The third-order valence-corrected chi connectivity index (χ3v) is 3.77. The molecule has 2 aromatic rings. The highest BCUT2D eigenvalue weighted by atomic mass is 79.9. The van der Waals surface area contributed by atoms with Crippen molar-refractivity contribution in [1.82, 2.24) is 9.55 Å². The van der Waals surface area contributed by atoms with Crippen LogP contribution in [0.15, 0.2) is 22.8 Å². The molecule has 3 nitrogen and oxygen atoms in total. The zero-order chi connectivity index (χ0) is 14.2. The second kappa shape index (κ2) is 5.55. The van der Waals surface area contributed by atoms with E-state index in [1.165, 1.54) is 0 Å². The van der Waals surface area contributed by atoms with E-state index in [0.717, 1.165) is 32.4 Å². The van der Waals surface area contributed by atoms with Gasteiger partial charge < -0.3 is 5.32 Å². The summed E-state index contributed by atoms with van der Waals surface area (Å²) < 4.78 is 3.02. The van der Waals surface area contributed by atoms with E-state index >= 15 is 0 Å². The number of aryl methyl sites for hydroxylation is 2. The molecule has 2 rings (SSSR count). The molecule has 1 heterocycles. The fourth-order valence-corrected chi connectivity index (χ4v) is 2.67. The van der Waals surface area contributed by atoms with Crippen LogP contribution in [0.5, 0.6) is 0 Å². The van der Waals surface area contributed by atoms with Crippen molar-refractivity contribution in [3.8, 4) is 5.69 Å². The molecular formula is C14H17BrClN3. The summed E-state index contributed by atoms with van der Waals surface area (Å²) in [6.45, 7) is 8.14. The minimum Gasteiger partial charge on any atom is -0.353 e. The molecule has 0 unspecified atom stereocenters. The maximum atomic E-state index is 6.23.